The van der Waals surface area contributed by atoms with Gasteiger partial charge in [0.15, 0.2) is 11.5 Å². The number of hydrogen-bond donors (Lipinski definition) is 0. The van der Waals surface area contributed by atoms with E-state index >= 15 is 0 Å². The van der Waals surface area contributed by atoms with Crippen LogP contribution in [-0.4, -0.2) is 14.2 Å². The van der Waals surface area contributed by atoms with Gasteiger partial charge in [0, 0.05) is 10.9 Å². The largest absolute Gasteiger partial charge is 0.493 e. The number of hydrogen-bond acceptors (Lipinski definition) is 4. The molecule has 1 aromatic heterocycles. The average Bonchev–Trinajstić information content (AvgIpc) is 2.73. The third-order valence-corrected chi connectivity index (χ3v) is 4.80. The zero-order valence-corrected chi connectivity index (χ0v) is 16.0. The van der Waals surface area contributed by atoms with Gasteiger partial charge in [-0.05, 0) is 42.3 Å². The van der Waals surface area contributed by atoms with Crippen LogP contribution >= 0.6 is 0 Å². The highest BCUT2D eigenvalue weighted by Gasteiger charge is 2.19. The van der Waals surface area contributed by atoms with Crippen LogP contribution in [0.3, 0.4) is 0 Å². The van der Waals surface area contributed by atoms with Crippen molar-refractivity contribution in [3.63, 3.8) is 0 Å². The molecule has 0 radical (unpaired) electrons. The first kappa shape index (κ1) is 17.9. The summed E-state index contributed by atoms with van der Waals surface area (Å²) in [6, 6.07) is 21.2. The minimum absolute atomic E-state index is 0.387. The number of fused-ring (bicyclic) bond motifs is 1. The van der Waals surface area contributed by atoms with Crippen molar-refractivity contribution in [1.82, 2.24) is 0 Å². The molecule has 0 unspecified atom stereocenters. The van der Waals surface area contributed by atoms with E-state index in [-0.39, 0.29) is 5.63 Å². The Bertz CT molecular complexity index is 1210. The molecule has 140 valence electrons. The smallest absolute Gasteiger partial charge is 0.344 e. The van der Waals surface area contributed by atoms with Crippen molar-refractivity contribution in [1.29, 1.82) is 0 Å². The minimum Gasteiger partial charge on any atom is -0.493 e. The van der Waals surface area contributed by atoms with E-state index in [0.717, 1.165) is 22.1 Å². The lowest BCUT2D eigenvalue weighted by molar-refractivity contribution is 0.355. The van der Waals surface area contributed by atoms with Crippen LogP contribution in [0.1, 0.15) is 5.56 Å². The summed E-state index contributed by atoms with van der Waals surface area (Å²) < 4.78 is 16.4. The third-order valence-electron chi connectivity index (χ3n) is 4.80. The van der Waals surface area contributed by atoms with Crippen LogP contribution in [0.25, 0.3) is 33.2 Å². The van der Waals surface area contributed by atoms with E-state index in [4.69, 9.17) is 13.9 Å². The molecule has 4 rings (SSSR count). The molecule has 0 N–H and O–H groups in total. The Morgan fingerprint density at radius 3 is 2.21 bits per heavy atom. The molecule has 3 aromatic carbocycles. The lowest BCUT2D eigenvalue weighted by atomic mass is 9.92. The van der Waals surface area contributed by atoms with Gasteiger partial charge in [0.2, 0.25) is 0 Å². The SMILES string of the molecule is COc1ccc(-c2c(-c3ccccc3)c3cc(C)ccc3oc2=O)cc1OC. The lowest BCUT2D eigenvalue weighted by Gasteiger charge is -2.14. The quantitative estimate of drug-likeness (QED) is 0.447. The van der Waals surface area contributed by atoms with Gasteiger partial charge >= 0.3 is 5.63 Å². The Balaban J connectivity index is 2.12. The van der Waals surface area contributed by atoms with E-state index in [9.17, 15) is 4.79 Å². The molecule has 0 aliphatic carbocycles. The van der Waals surface area contributed by atoms with Gasteiger partial charge in [-0.25, -0.2) is 4.79 Å². The molecule has 0 amide bonds. The van der Waals surface area contributed by atoms with Crippen molar-refractivity contribution in [2.75, 3.05) is 14.2 Å². The number of methoxy groups -OCH3 is 2. The summed E-state index contributed by atoms with van der Waals surface area (Å²) in [5, 5.41) is 0.899. The topological polar surface area (TPSA) is 48.7 Å². The normalized spacial score (nSPS) is 10.8. The molecular weight excluding hydrogens is 352 g/mol. The van der Waals surface area contributed by atoms with Gasteiger partial charge in [0.25, 0.3) is 0 Å². The lowest BCUT2D eigenvalue weighted by Crippen LogP contribution is -2.06. The average molecular weight is 372 g/mol. The monoisotopic (exact) mass is 372 g/mol. The molecule has 0 fully saturated rings. The van der Waals surface area contributed by atoms with Gasteiger partial charge in [-0.1, -0.05) is 48.0 Å². The summed E-state index contributed by atoms with van der Waals surface area (Å²) >= 11 is 0. The molecule has 0 bridgehead atoms. The number of benzene rings is 3. The molecule has 0 aliphatic rings. The van der Waals surface area contributed by atoms with E-state index in [0.29, 0.717) is 28.2 Å². The van der Waals surface area contributed by atoms with E-state index in [1.54, 1.807) is 26.4 Å². The predicted molar refractivity (Wildman–Crippen MR) is 111 cm³/mol. The van der Waals surface area contributed by atoms with E-state index in [1.165, 1.54) is 0 Å². The summed E-state index contributed by atoms with van der Waals surface area (Å²) in [4.78, 5) is 13.0. The van der Waals surface area contributed by atoms with Crippen molar-refractivity contribution >= 4 is 11.0 Å². The van der Waals surface area contributed by atoms with Gasteiger partial charge < -0.3 is 13.9 Å². The maximum absolute atomic E-state index is 13.0. The summed E-state index contributed by atoms with van der Waals surface area (Å²) in [5.41, 5.74) is 4.30. The van der Waals surface area contributed by atoms with Gasteiger partial charge in [-0.15, -0.1) is 0 Å². The molecule has 1 heterocycles. The first-order valence-electron chi connectivity index (χ1n) is 8.97. The molecule has 0 saturated carbocycles. The summed E-state index contributed by atoms with van der Waals surface area (Å²) in [5.74, 6) is 1.16. The van der Waals surface area contributed by atoms with E-state index in [1.807, 2.05) is 61.5 Å². The molecule has 0 atom stereocenters. The second-order valence-electron chi connectivity index (χ2n) is 6.57. The fourth-order valence-corrected chi connectivity index (χ4v) is 3.47. The van der Waals surface area contributed by atoms with Crippen LogP contribution in [0.2, 0.25) is 0 Å². The molecule has 4 nitrogen and oxygen atoms in total. The van der Waals surface area contributed by atoms with Crippen LogP contribution in [0.4, 0.5) is 0 Å². The highest BCUT2D eigenvalue weighted by Crippen LogP contribution is 2.39. The van der Waals surface area contributed by atoms with Gasteiger partial charge in [0.1, 0.15) is 5.58 Å². The maximum atomic E-state index is 13.0. The van der Waals surface area contributed by atoms with E-state index < -0.39 is 0 Å². The first-order valence-corrected chi connectivity index (χ1v) is 8.97. The van der Waals surface area contributed by atoms with Crippen LogP contribution < -0.4 is 15.1 Å². The Labute approximate surface area is 163 Å². The van der Waals surface area contributed by atoms with Crippen molar-refractivity contribution in [3.8, 4) is 33.8 Å². The summed E-state index contributed by atoms with van der Waals surface area (Å²) in [6.07, 6.45) is 0. The van der Waals surface area contributed by atoms with Crippen molar-refractivity contribution < 1.29 is 13.9 Å². The third kappa shape index (κ3) is 3.03. The minimum atomic E-state index is -0.387. The summed E-state index contributed by atoms with van der Waals surface area (Å²) in [6.45, 7) is 2.02. The van der Waals surface area contributed by atoms with Crippen molar-refractivity contribution in [2.24, 2.45) is 0 Å². The Morgan fingerprint density at radius 1 is 0.750 bits per heavy atom. The van der Waals surface area contributed by atoms with Gasteiger partial charge in [-0.2, -0.15) is 0 Å². The molecule has 0 spiro atoms. The fraction of sp³-hybridized carbons (Fsp3) is 0.125. The molecule has 28 heavy (non-hydrogen) atoms. The Hall–Kier alpha value is -3.53. The molecule has 4 heteroatoms. The van der Waals surface area contributed by atoms with Crippen LogP contribution in [0, 0.1) is 6.92 Å². The first-order chi connectivity index (χ1) is 13.6. The molecular formula is C24H20O4. The molecule has 4 aromatic rings. The molecule has 0 aliphatic heterocycles. The Morgan fingerprint density at radius 2 is 1.50 bits per heavy atom. The van der Waals surface area contributed by atoms with Crippen LogP contribution in [-0.2, 0) is 0 Å². The van der Waals surface area contributed by atoms with E-state index in [2.05, 4.69) is 0 Å². The highest BCUT2D eigenvalue weighted by atomic mass is 16.5. The second kappa shape index (κ2) is 7.24. The summed E-state index contributed by atoms with van der Waals surface area (Å²) in [7, 11) is 3.16. The number of rotatable bonds is 4. The maximum Gasteiger partial charge on any atom is 0.344 e. The number of aryl methyl sites for hydroxylation is 1. The van der Waals surface area contributed by atoms with Gasteiger partial charge in [-0.3, -0.25) is 0 Å². The second-order valence-corrected chi connectivity index (χ2v) is 6.57. The predicted octanol–water partition coefficient (Wildman–Crippen LogP) is 5.45. The highest BCUT2D eigenvalue weighted by molar-refractivity contribution is 6.01. The zero-order valence-electron chi connectivity index (χ0n) is 16.0. The molecule has 0 saturated heterocycles. The zero-order chi connectivity index (χ0) is 19.7. The van der Waals surface area contributed by atoms with Crippen molar-refractivity contribution in [3.05, 3.63) is 82.7 Å². The fourth-order valence-electron chi connectivity index (χ4n) is 3.47. The Kier molecular flexibility index (Phi) is 4.62. The van der Waals surface area contributed by atoms with Gasteiger partial charge in [0.05, 0.1) is 19.8 Å². The van der Waals surface area contributed by atoms with Crippen LogP contribution in [0.5, 0.6) is 11.5 Å². The number of ether oxygens (including phenoxy) is 2. The standard InChI is InChI=1S/C24H20O4/c1-15-9-11-19-18(13-15)22(16-7-5-4-6-8-16)23(24(25)28-19)17-10-12-20(26-2)21(14-17)27-3/h4-14H,1-3H3. The van der Waals surface area contributed by atoms with Crippen molar-refractivity contribution in [2.45, 2.75) is 6.92 Å². The van der Waals surface area contributed by atoms with Crippen LogP contribution in [0.15, 0.2) is 75.9 Å².